The molecule has 5 rings (SSSR count). The third-order valence-electron chi connectivity index (χ3n) is 7.99. The van der Waals surface area contributed by atoms with Crippen LogP contribution < -0.4 is 10.2 Å². The predicted molar refractivity (Wildman–Crippen MR) is 131 cm³/mol. The Morgan fingerprint density at radius 3 is 2.38 bits per heavy atom. The van der Waals surface area contributed by atoms with E-state index in [4.69, 9.17) is 0 Å². The van der Waals surface area contributed by atoms with Gasteiger partial charge in [0.05, 0.1) is 11.3 Å². The molecule has 2 aliphatic carbocycles. The fourth-order valence-corrected chi connectivity index (χ4v) is 6.31. The summed E-state index contributed by atoms with van der Waals surface area (Å²) in [5.74, 6) is -0.316. The molecule has 2 bridgehead atoms. The average Bonchev–Trinajstić information content (AvgIpc) is 3.04. The zero-order valence-corrected chi connectivity index (χ0v) is 20.2. The Morgan fingerprint density at radius 1 is 1.09 bits per heavy atom. The summed E-state index contributed by atoms with van der Waals surface area (Å²) in [6.45, 7) is 4.83. The van der Waals surface area contributed by atoms with E-state index in [0.29, 0.717) is 38.9 Å². The van der Waals surface area contributed by atoms with Crippen LogP contribution in [0.5, 0.6) is 5.75 Å². The Balaban J connectivity index is 1.42. The highest BCUT2D eigenvalue weighted by Gasteiger charge is 2.50. The Bertz CT molecular complexity index is 1260. The lowest BCUT2D eigenvalue weighted by Crippen LogP contribution is -2.42. The molecule has 2 aliphatic rings. The second-order valence-corrected chi connectivity index (χ2v) is 10.9. The van der Waals surface area contributed by atoms with Gasteiger partial charge in [0, 0.05) is 25.7 Å². The molecule has 6 nitrogen and oxygen atoms in total. The Morgan fingerprint density at radius 2 is 1.76 bits per heavy atom. The number of fused-ring (bicyclic) bond motifs is 3. The van der Waals surface area contributed by atoms with E-state index in [1.165, 1.54) is 44.5 Å². The van der Waals surface area contributed by atoms with Crippen molar-refractivity contribution in [3.05, 3.63) is 47.8 Å². The van der Waals surface area contributed by atoms with E-state index in [0.717, 1.165) is 18.7 Å². The number of nitrogens with zero attached hydrogens (tertiary/aromatic N) is 3. The minimum absolute atomic E-state index is 0.00192. The SMILES string of the molecule is CNC(=O)c1cc2cc(O)c(-c3ccc(N(C)[C@H]4C[C@]5(C)CC[C@](C)(C4)C5)nn3)cc2cc1F. The number of aromatic hydroxyl groups is 1. The quantitative estimate of drug-likeness (QED) is 0.550. The van der Waals surface area contributed by atoms with E-state index in [9.17, 15) is 14.3 Å². The first-order valence-electron chi connectivity index (χ1n) is 11.9. The number of amides is 1. The summed E-state index contributed by atoms with van der Waals surface area (Å²) < 4.78 is 14.5. The molecule has 3 atom stereocenters. The molecule has 0 unspecified atom stereocenters. The molecule has 1 aromatic heterocycles. The van der Waals surface area contributed by atoms with Crippen molar-refractivity contribution in [1.29, 1.82) is 0 Å². The molecule has 1 amide bonds. The largest absolute Gasteiger partial charge is 0.507 e. The lowest BCUT2D eigenvalue weighted by atomic mass is 9.68. The predicted octanol–water partition coefficient (Wildman–Crippen LogP) is 5.30. The van der Waals surface area contributed by atoms with E-state index < -0.39 is 11.7 Å². The van der Waals surface area contributed by atoms with Gasteiger partial charge in [-0.15, -0.1) is 10.2 Å². The van der Waals surface area contributed by atoms with Gasteiger partial charge in [0.15, 0.2) is 5.82 Å². The van der Waals surface area contributed by atoms with Gasteiger partial charge in [-0.25, -0.2) is 4.39 Å². The number of anilines is 1. The summed E-state index contributed by atoms with van der Waals surface area (Å²) in [7, 11) is 3.54. The first-order chi connectivity index (χ1) is 16.1. The molecular weight excluding hydrogens is 431 g/mol. The summed E-state index contributed by atoms with van der Waals surface area (Å²) in [6.07, 6.45) is 6.23. The molecule has 0 radical (unpaired) electrons. The van der Waals surface area contributed by atoms with Crippen LogP contribution in [0.25, 0.3) is 22.0 Å². The summed E-state index contributed by atoms with van der Waals surface area (Å²) in [5, 5.41) is 23.1. The number of halogens is 1. The van der Waals surface area contributed by atoms with Gasteiger partial charge in [-0.3, -0.25) is 4.79 Å². The standard InChI is InChI=1S/C27H31FN4O2/c1-26-7-8-27(2,15-26)14-18(13-26)32(4)24-6-5-22(30-31-24)20-10-16-11-21(28)19(25(34)29-3)9-17(16)12-23(20)33/h5-6,9-12,18,33H,7-8,13-15H2,1-4H3,(H,29,34)/t18-,26-,27+. The van der Waals surface area contributed by atoms with Crippen molar-refractivity contribution >= 4 is 22.5 Å². The van der Waals surface area contributed by atoms with Gasteiger partial charge in [0.2, 0.25) is 0 Å². The van der Waals surface area contributed by atoms with Crippen LogP contribution in [-0.2, 0) is 0 Å². The number of benzene rings is 2. The molecule has 0 spiro atoms. The number of rotatable bonds is 4. The topological polar surface area (TPSA) is 78.4 Å². The number of nitrogens with one attached hydrogen (secondary N) is 1. The summed E-state index contributed by atoms with van der Waals surface area (Å²) in [5.41, 5.74) is 1.73. The zero-order valence-electron chi connectivity index (χ0n) is 20.2. The number of aromatic nitrogens is 2. The van der Waals surface area contributed by atoms with Gasteiger partial charge in [-0.2, -0.15) is 0 Å². The summed E-state index contributed by atoms with van der Waals surface area (Å²) in [4.78, 5) is 14.1. The van der Waals surface area contributed by atoms with Crippen LogP contribution in [0, 0.1) is 16.6 Å². The van der Waals surface area contributed by atoms with Crippen LogP contribution in [0.2, 0.25) is 0 Å². The van der Waals surface area contributed by atoms with Crippen molar-refractivity contribution in [1.82, 2.24) is 15.5 Å². The highest BCUT2D eigenvalue weighted by Crippen LogP contribution is 2.58. The first-order valence-corrected chi connectivity index (χ1v) is 11.9. The smallest absolute Gasteiger partial charge is 0.254 e. The van der Waals surface area contributed by atoms with E-state index in [1.54, 1.807) is 6.07 Å². The van der Waals surface area contributed by atoms with Gasteiger partial charge < -0.3 is 15.3 Å². The molecule has 2 fully saturated rings. The molecule has 0 saturated heterocycles. The monoisotopic (exact) mass is 462 g/mol. The second kappa shape index (κ2) is 7.93. The Labute approximate surface area is 199 Å². The lowest BCUT2D eigenvalue weighted by molar-refractivity contribution is 0.0959. The van der Waals surface area contributed by atoms with E-state index in [-0.39, 0.29) is 11.3 Å². The number of phenols is 1. The molecule has 3 aromatic rings. The van der Waals surface area contributed by atoms with Crippen LogP contribution >= 0.6 is 0 Å². The van der Waals surface area contributed by atoms with E-state index >= 15 is 0 Å². The highest BCUT2D eigenvalue weighted by molar-refractivity contribution is 6.00. The second-order valence-electron chi connectivity index (χ2n) is 10.9. The number of hydrogen-bond donors (Lipinski definition) is 2. The number of hydrogen-bond acceptors (Lipinski definition) is 5. The number of carbonyl (C=O) groups excluding carboxylic acids is 1. The molecular formula is C27H31FN4O2. The Hall–Kier alpha value is -3.22. The maximum atomic E-state index is 14.5. The van der Waals surface area contributed by atoms with Crippen molar-refractivity contribution in [2.24, 2.45) is 10.8 Å². The average molecular weight is 463 g/mol. The zero-order chi connectivity index (χ0) is 24.3. The summed E-state index contributed by atoms with van der Waals surface area (Å²) >= 11 is 0. The van der Waals surface area contributed by atoms with Crippen molar-refractivity contribution < 1.29 is 14.3 Å². The molecule has 0 aliphatic heterocycles. The molecule has 2 N–H and O–H groups in total. The molecule has 2 saturated carbocycles. The minimum Gasteiger partial charge on any atom is -0.507 e. The van der Waals surface area contributed by atoms with Crippen molar-refractivity contribution in [2.75, 3.05) is 19.0 Å². The van der Waals surface area contributed by atoms with Gasteiger partial charge in [-0.1, -0.05) is 13.8 Å². The minimum atomic E-state index is -0.615. The van der Waals surface area contributed by atoms with Crippen LogP contribution in [0.4, 0.5) is 10.2 Å². The molecule has 34 heavy (non-hydrogen) atoms. The maximum absolute atomic E-state index is 14.5. The molecule has 7 heteroatoms. The third-order valence-corrected chi connectivity index (χ3v) is 7.99. The van der Waals surface area contributed by atoms with Gasteiger partial charge in [0.1, 0.15) is 11.6 Å². The van der Waals surface area contributed by atoms with Gasteiger partial charge >= 0.3 is 0 Å². The van der Waals surface area contributed by atoms with E-state index in [2.05, 4.69) is 41.3 Å². The van der Waals surface area contributed by atoms with Crippen LogP contribution in [0.1, 0.15) is 56.3 Å². The third kappa shape index (κ3) is 3.87. The normalized spacial score (nSPS) is 26.0. The summed E-state index contributed by atoms with van der Waals surface area (Å²) in [6, 6.07) is 10.1. The van der Waals surface area contributed by atoms with Gasteiger partial charge in [-0.05, 0) is 90.1 Å². The van der Waals surface area contributed by atoms with Gasteiger partial charge in [0.25, 0.3) is 5.91 Å². The van der Waals surface area contributed by atoms with Crippen molar-refractivity contribution in [3.8, 4) is 17.0 Å². The van der Waals surface area contributed by atoms with E-state index in [1.807, 2.05) is 12.1 Å². The van der Waals surface area contributed by atoms with Crippen LogP contribution in [0.15, 0.2) is 36.4 Å². The van der Waals surface area contributed by atoms with Crippen LogP contribution in [-0.4, -0.2) is 41.3 Å². The maximum Gasteiger partial charge on any atom is 0.254 e. The molecule has 178 valence electrons. The lowest BCUT2D eigenvalue weighted by Gasteiger charge is -2.44. The number of carbonyl (C=O) groups is 1. The fourth-order valence-electron chi connectivity index (χ4n) is 6.31. The Kier molecular flexibility index (Phi) is 5.26. The van der Waals surface area contributed by atoms with Crippen molar-refractivity contribution in [3.63, 3.8) is 0 Å². The van der Waals surface area contributed by atoms with Crippen LogP contribution in [0.3, 0.4) is 0 Å². The highest BCUT2D eigenvalue weighted by atomic mass is 19.1. The molecule has 1 heterocycles. The van der Waals surface area contributed by atoms with Crippen molar-refractivity contribution in [2.45, 2.75) is 52.0 Å². The molecule has 2 aromatic carbocycles. The number of phenolic OH excluding ortho intramolecular Hbond substituents is 1. The first kappa shape index (κ1) is 22.6. The fraction of sp³-hybridized carbons (Fsp3) is 0.444.